The van der Waals surface area contributed by atoms with Crippen molar-refractivity contribution in [2.24, 2.45) is 7.05 Å². The predicted octanol–water partition coefficient (Wildman–Crippen LogP) is 2.03. The van der Waals surface area contributed by atoms with Gasteiger partial charge in [0.1, 0.15) is 0 Å². The highest BCUT2D eigenvalue weighted by Gasteiger charge is 2.21. The highest BCUT2D eigenvalue weighted by atomic mass is 16.4. The fourth-order valence-electron chi connectivity index (χ4n) is 1.85. The molecular formula is C12H15N3O3. The van der Waals surface area contributed by atoms with E-state index in [2.05, 4.69) is 10.1 Å². The minimum Gasteiger partial charge on any atom is -0.475 e. The Morgan fingerprint density at radius 3 is 2.78 bits per heavy atom. The normalized spacial score (nSPS) is 10.8. The zero-order chi connectivity index (χ0) is 13.3. The van der Waals surface area contributed by atoms with Gasteiger partial charge >= 0.3 is 5.97 Å². The maximum Gasteiger partial charge on any atom is 0.373 e. The van der Waals surface area contributed by atoms with E-state index in [0.29, 0.717) is 18.0 Å². The second-order valence-electron chi connectivity index (χ2n) is 4.15. The van der Waals surface area contributed by atoms with Crippen LogP contribution < -0.4 is 0 Å². The summed E-state index contributed by atoms with van der Waals surface area (Å²) in [4.78, 5) is 15.3. The van der Waals surface area contributed by atoms with Gasteiger partial charge < -0.3 is 9.52 Å². The molecule has 0 aliphatic carbocycles. The van der Waals surface area contributed by atoms with E-state index in [-0.39, 0.29) is 5.76 Å². The highest BCUT2D eigenvalue weighted by molar-refractivity contribution is 5.86. The molecule has 2 aromatic rings. The monoisotopic (exact) mass is 249 g/mol. The fourth-order valence-corrected chi connectivity index (χ4v) is 1.85. The van der Waals surface area contributed by atoms with Crippen LogP contribution in [0.3, 0.4) is 0 Å². The van der Waals surface area contributed by atoms with Crippen molar-refractivity contribution in [2.45, 2.75) is 26.7 Å². The number of carboxylic acids is 1. The standard InChI is InChI=1S/C12H15N3O3/c1-4-5-9-10(12(16)17)18-11(13-9)8-6-15(3)14-7(8)2/h6H,4-5H2,1-3H3,(H,16,17). The van der Waals surface area contributed by atoms with Crippen molar-refractivity contribution < 1.29 is 14.3 Å². The van der Waals surface area contributed by atoms with Gasteiger partial charge in [-0.2, -0.15) is 5.10 Å². The molecule has 2 rings (SSSR count). The minimum atomic E-state index is -1.08. The van der Waals surface area contributed by atoms with Crippen molar-refractivity contribution >= 4 is 5.97 Å². The number of carbonyl (C=O) groups is 1. The fraction of sp³-hybridized carbons (Fsp3) is 0.417. The lowest BCUT2D eigenvalue weighted by Crippen LogP contribution is -1.99. The van der Waals surface area contributed by atoms with Crippen LogP contribution in [0.25, 0.3) is 11.5 Å². The van der Waals surface area contributed by atoms with Crippen LogP contribution in [0.4, 0.5) is 0 Å². The zero-order valence-electron chi connectivity index (χ0n) is 10.6. The third-order valence-electron chi connectivity index (χ3n) is 2.62. The summed E-state index contributed by atoms with van der Waals surface area (Å²) in [7, 11) is 1.80. The van der Waals surface area contributed by atoms with Gasteiger partial charge in [-0.25, -0.2) is 9.78 Å². The van der Waals surface area contributed by atoms with Gasteiger partial charge in [-0.05, 0) is 13.3 Å². The molecule has 0 bridgehead atoms. The first-order chi connectivity index (χ1) is 8.52. The van der Waals surface area contributed by atoms with Crippen molar-refractivity contribution in [3.8, 4) is 11.5 Å². The molecule has 1 N–H and O–H groups in total. The zero-order valence-corrected chi connectivity index (χ0v) is 10.6. The Morgan fingerprint density at radius 2 is 2.28 bits per heavy atom. The Labute approximate surface area is 104 Å². The van der Waals surface area contributed by atoms with Crippen LogP contribution in [0.2, 0.25) is 0 Å². The molecule has 0 saturated carbocycles. The predicted molar refractivity (Wildman–Crippen MR) is 64.4 cm³/mol. The first-order valence-corrected chi connectivity index (χ1v) is 5.76. The summed E-state index contributed by atoms with van der Waals surface area (Å²) in [5.74, 6) is -0.838. The largest absolute Gasteiger partial charge is 0.475 e. The molecule has 0 atom stereocenters. The maximum atomic E-state index is 11.1. The Balaban J connectivity index is 2.49. The lowest BCUT2D eigenvalue weighted by molar-refractivity contribution is 0.0661. The Bertz CT molecular complexity index is 583. The molecule has 0 aliphatic heterocycles. The summed E-state index contributed by atoms with van der Waals surface area (Å²) in [6, 6.07) is 0. The molecule has 0 fully saturated rings. The van der Waals surface area contributed by atoms with Crippen LogP contribution in [-0.4, -0.2) is 25.8 Å². The van der Waals surface area contributed by atoms with Gasteiger partial charge in [0.2, 0.25) is 11.7 Å². The second kappa shape index (κ2) is 4.64. The number of carboxylic acid groups (broad SMARTS) is 1. The smallest absolute Gasteiger partial charge is 0.373 e. The van der Waals surface area contributed by atoms with E-state index in [9.17, 15) is 4.79 Å². The highest BCUT2D eigenvalue weighted by Crippen LogP contribution is 2.25. The molecule has 2 heterocycles. The Hall–Kier alpha value is -2.11. The number of oxazole rings is 1. The van der Waals surface area contributed by atoms with E-state index < -0.39 is 5.97 Å². The van der Waals surface area contributed by atoms with Crippen LogP contribution in [0.1, 0.15) is 35.3 Å². The lowest BCUT2D eigenvalue weighted by atomic mass is 10.2. The second-order valence-corrected chi connectivity index (χ2v) is 4.15. The third-order valence-corrected chi connectivity index (χ3v) is 2.62. The molecule has 6 nitrogen and oxygen atoms in total. The molecule has 0 saturated heterocycles. The van der Waals surface area contributed by atoms with Crippen LogP contribution in [0, 0.1) is 6.92 Å². The average Bonchev–Trinajstić information content (AvgIpc) is 2.83. The van der Waals surface area contributed by atoms with Gasteiger partial charge in [-0.3, -0.25) is 4.68 Å². The van der Waals surface area contributed by atoms with Crippen LogP contribution >= 0.6 is 0 Å². The van der Waals surface area contributed by atoms with E-state index >= 15 is 0 Å². The molecule has 6 heteroatoms. The first kappa shape index (κ1) is 12.3. The third kappa shape index (κ3) is 2.13. The first-order valence-electron chi connectivity index (χ1n) is 5.76. The molecule has 96 valence electrons. The molecule has 0 unspecified atom stereocenters. The Morgan fingerprint density at radius 1 is 1.56 bits per heavy atom. The summed E-state index contributed by atoms with van der Waals surface area (Å²) >= 11 is 0. The van der Waals surface area contributed by atoms with Crippen molar-refractivity contribution in [3.63, 3.8) is 0 Å². The number of aryl methyl sites for hydroxylation is 3. The summed E-state index contributed by atoms with van der Waals surface area (Å²) in [5, 5.41) is 13.3. The summed E-state index contributed by atoms with van der Waals surface area (Å²) in [5.41, 5.74) is 1.98. The maximum absolute atomic E-state index is 11.1. The quantitative estimate of drug-likeness (QED) is 0.896. The average molecular weight is 249 g/mol. The number of hydrogen-bond acceptors (Lipinski definition) is 4. The van der Waals surface area contributed by atoms with E-state index in [0.717, 1.165) is 17.7 Å². The van der Waals surface area contributed by atoms with Gasteiger partial charge in [0.25, 0.3) is 0 Å². The van der Waals surface area contributed by atoms with Crippen LogP contribution in [0.15, 0.2) is 10.6 Å². The van der Waals surface area contributed by atoms with Gasteiger partial charge in [0.15, 0.2) is 0 Å². The van der Waals surface area contributed by atoms with Gasteiger partial charge in [-0.1, -0.05) is 13.3 Å². The van der Waals surface area contributed by atoms with Crippen molar-refractivity contribution in [3.05, 3.63) is 23.3 Å². The van der Waals surface area contributed by atoms with Gasteiger partial charge in [0.05, 0.1) is 17.0 Å². The van der Waals surface area contributed by atoms with Crippen molar-refractivity contribution in [1.29, 1.82) is 0 Å². The minimum absolute atomic E-state index is 0.0740. The number of aromatic carboxylic acids is 1. The Kier molecular flexibility index (Phi) is 3.18. The summed E-state index contributed by atoms with van der Waals surface area (Å²) < 4.78 is 6.99. The topological polar surface area (TPSA) is 81.2 Å². The number of rotatable bonds is 4. The van der Waals surface area contributed by atoms with Crippen molar-refractivity contribution in [1.82, 2.24) is 14.8 Å². The molecule has 0 spiro atoms. The van der Waals surface area contributed by atoms with Crippen LogP contribution in [0.5, 0.6) is 0 Å². The summed E-state index contributed by atoms with van der Waals surface area (Å²) in [6.07, 6.45) is 3.17. The number of hydrogen-bond donors (Lipinski definition) is 1. The lowest BCUT2D eigenvalue weighted by Gasteiger charge is -1.91. The number of aromatic nitrogens is 3. The van der Waals surface area contributed by atoms with E-state index in [4.69, 9.17) is 9.52 Å². The van der Waals surface area contributed by atoms with E-state index in [1.807, 2.05) is 13.8 Å². The molecular weight excluding hydrogens is 234 g/mol. The molecule has 0 amide bonds. The van der Waals surface area contributed by atoms with E-state index in [1.165, 1.54) is 0 Å². The van der Waals surface area contributed by atoms with Crippen molar-refractivity contribution in [2.75, 3.05) is 0 Å². The number of nitrogens with zero attached hydrogens (tertiary/aromatic N) is 3. The molecule has 0 aromatic carbocycles. The SMILES string of the molecule is CCCc1nc(-c2cn(C)nc2C)oc1C(=O)O. The van der Waals surface area contributed by atoms with Gasteiger partial charge in [0, 0.05) is 13.2 Å². The van der Waals surface area contributed by atoms with Crippen LogP contribution in [-0.2, 0) is 13.5 Å². The summed E-state index contributed by atoms with van der Waals surface area (Å²) in [6.45, 7) is 3.80. The molecule has 0 aliphatic rings. The molecule has 0 radical (unpaired) electrons. The molecule has 2 aromatic heterocycles. The van der Waals surface area contributed by atoms with Gasteiger partial charge in [-0.15, -0.1) is 0 Å². The van der Waals surface area contributed by atoms with E-state index in [1.54, 1.807) is 17.9 Å². The molecule has 18 heavy (non-hydrogen) atoms.